The van der Waals surface area contributed by atoms with Crippen molar-refractivity contribution in [1.29, 1.82) is 0 Å². The molecule has 2 aromatic carbocycles. The van der Waals surface area contributed by atoms with Gasteiger partial charge in [0.05, 0.1) is 28.6 Å². The number of piperazine rings is 1. The zero-order valence-electron chi connectivity index (χ0n) is 51.2. The minimum Gasteiger partial charge on any atom is -0.462 e. The highest BCUT2D eigenvalue weighted by molar-refractivity contribution is 6.03. The average molecular weight is 1210 g/mol. The molecular formula is C66H87F3N6O12. The van der Waals surface area contributed by atoms with E-state index in [4.69, 9.17) is 44.6 Å². The molecule has 4 aliphatic heterocycles. The van der Waals surface area contributed by atoms with Gasteiger partial charge < -0.3 is 38.1 Å². The Kier molecular flexibility index (Phi) is 24.5. The molecule has 2 bridgehead atoms. The second-order valence-corrected chi connectivity index (χ2v) is 23.9. The first-order valence-corrected chi connectivity index (χ1v) is 31.8. The van der Waals surface area contributed by atoms with Crippen LogP contribution in [0.15, 0.2) is 30.5 Å². The fourth-order valence-electron chi connectivity index (χ4n) is 12.8. The van der Waals surface area contributed by atoms with Gasteiger partial charge in [0.15, 0.2) is 11.9 Å². The monoisotopic (exact) mass is 1210 g/mol. The molecule has 5 atom stereocenters. The number of pyridine rings is 1. The summed E-state index contributed by atoms with van der Waals surface area (Å²) in [5.41, 5.74) is -1.51. The lowest BCUT2D eigenvalue weighted by Crippen LogP contribution is -2.56. The molecule has 0 saturated carbocycles. The Morgan fingerprint density at radius 1 is 0.782 bits per heavy atom. The van der Waals surface area contributed by atoms with Crippen LogP contribution in [0.4, 0.5) is 28.6 Å². The van der Waals surface area contributed by atoms with Crippen molar-refractivity contribution in [2.24, 2.45) is 0 Å². The van der Waals surface area contributed by atoms with Gasteiger partial charge in [-0.1, -0.05) is 129 Å². The Morgan fingerprint density at radius 2 is 1.39 bits per heavy atom. The molecular weight excluding hydrogens is 1130 g/mol. The number of terminal acetylenes is 1. The minimum absolute atomic E-state index is 0.0265. The van der Waals surface area contributed by atoms with Crippen LogP contribution in [0.25, 0.3) is 32.9 Å². The van der Waals surface area contributed by atoms with E-state index in [9.17, 15) is 28.4 Å². The van der Waals surface area contributed by atoms with Gasteiger partial charge in [-0.2, -0.15) is 9.97 Å². The van der Waals surface area contributed by atoms with E-state index in [1.54, 1.807) is 4.90 Å². The number of rotatable bonds is 33. The molecule has 474 valence electrons. The van der Waals surface area contributed by atoms with Gasteiger partial charge in [0.2, 0.25) is 6.29 Å². The second-order valence-electron chi connectivity index (χ2n) is 23.9. The van der Waals surface area contributed by atoms with Gasteiger partial charge in [0.25, 0.3) is 0 Å². The van der Waals surface area contributed by atoms with E-state index in [2.05, 4.69) is 34.6 Å². The van der Waals surface area contributed by atoms with Crippen molar-refractivity contribution in [1.82, 2.24) is 24.8 Å². The molecule has 87 heavy (non-hydrogen) atoms. The number of amides is 1. The summed E-state index contributed by atoms with van der Waals surface area (Å²) in [6, 6.07) is 4.24. The number of alkyl halides is 1. The van der Waals surface area contributed by atoms with E-state index < -0.39 is 79.1 Å². The van der Waals surface area contributed by atoms with Crippen molar-refractivity contribution in [3.8, 4) is 35.4 Å². The van der Waals surface area contributed by atoms with Gasteiger partial charge in [-0.05, 0) is 68.7 Å². The molecule has 0 radical (unpaired) electrons. The summed E-state index contributed by atoms with van der Waals surface area (Å²) in [7, 11) is 0. The summed E-state index contributed by atoms with van der Waals surface area (Å²) in [5.74, 6) is -0.930. The molecule has 4 saturated heterocycles. The largest absolute Gasteiger partial charge is 0.514 e. The Hall–Kier alpha value is -6.95. The first-order valence-electron chi connectivity index (χ1n) is 31.8. The molecule has 2 aromatic heterocycles. The number of halogens is 3. The van der Waals surface area contributed by atoms with Gasteiger partial charge in [0.1, 0.15) is 54.6 Å². The summed E-state index contributed by atoms with van der Waals surface area (Å²) >= 11 is 0. The van der Waals surface area contributed by atoms with Gasteiger partial charge in [-0.15, -0.1) is 6.42 Å². The first-order chi connectivity index (χ1) is 42.1. The van der Waals surface area contributed by atoms with Crippen molar-refractivity contribution in [3.05, 3.63) is 47.7 Å². The summed E-state index contributed by atoms with van der Waals surface area (Å²) in [4.78, 5) is 84.6. The van der Waals surface area contributed by atoms with E-state index in [-0.39, 0.29) is 114 Å². The molecule has 3 unspecified atom stereocenters. The number of hydrogen-bond donors (Lipinski definition) is 0. The molecule has 1 amide bonds. The SMILES string of the molecule is C#Cc1c(F)ccc2cc(OC(=O)OC(COC(=O)CCCCCCCCCCC)COC(=O)CCCCCCCCCCC)cc(-c3ncc4c(N5CC6CCC(C5)N6C(=O)OC(C)OC(C)=O)nc(OC[C@@]56CCCN5C[C@H](F)C6)nc4c3F)c12. The van der Waals surface area contributed by atoms with E-state index in [1.165, 1.54) is 89.6 Å². The standard InChI is InChI=1S/C66H87F3N6O12/c1-6-9-11-13-15-17-19-21-23-26-56(77)81-41-51(42-82-57(78)27-24-22-20-18-16-14-12-10-7-2)87-65(80)86-50-34-46-28-31-55(68)52(8-3)58(46)53(35-50)60-59(69)61-54(37-70-60)62(72-63(71-61)83-43-66-32-25-33-74(66)38-47(67)36-66)73-39-48-29-30-49(40-73)75(48)64(79)85-45(5)84-44(4)76/h3,28,31,34-35,37,45,47-49,51H,6-7,9-27,29-30,32-33,36,38-43H2,1-2,4-5H3/t45?,47-,48?,49?,66+/m1/s1. The predicted molar refractivity (Wildman–Crippen MR) is 322 cm³/mol. The number of carbonyl (C=O) groups is 5. The lowest BCUT2D eigenvalue weighted by atomic mass is 9.95. The molecule has 0 N–H and O–H groups in total. The summed E-state index contributed by atoms with van der Waals surface area (Å²) in [6.45, 7) is 7.65. The number of benzene rings is 2. The Morgan fingerprint density at radius 3 is 1.99 bits per heavy atom. The fraction of sp³-hybridized carbons (Fsp3) is 0.636. The lowest BCUT2D eigenvalue weighted by molar-refractivity contribution is -0.163. The van der Waals surface area contributed by atoms with E-state index in [0.29, 0.717) is 38.6 Å². The third-order valence-electron chi connectivity index (χ3n) is 17.2. The topological polar surface area (TPSA) is 198 Å². The first kappa shape index (κ1) is 66.0. The van der Waals surface area contributed by atoms with Gasteiger partial charge in [0, 0.05) is 69.9 Å². The Bertz CT molecular complexity index is 3000. The number of anilines is 1. The van der Waals surface area contributed by atoms with Crippen molar-refractivity contribution in [2.45, 2.75) is 224 Å². The average Bonchev–Trinajstić information content (AvgIpc) is 1.18. The molecule has 18 nitrogen and oxygen atoms in total. The fourth-order valence-corrected chi connectivity index (χ4v) is 12.8. The maximum atomic E-state index is 18.0. The highest BCUT2D eigenvalue weighted by Crippen LogP contribution is 2.43. The van der Waals surface area contributed by atoms with Crippen LogP contribution in [-0.4, -0.2) is 137 Å². The number of esters is 3. The van der Waals surface area contributed by atoms with Crippen LogP contribution < -0.4 is 14.4 Å². The zero-order valence-corrected chi connectivity index (χ0v) is 51.2. The molecule has 8 rings (SSSR count). The van der Waals surface area contributed by atoms with Crippen molar-refractivity contribution in [3.63, 3.8) is 0 Å². The van der Waals surface area contributed by atoms with E-state index in [1.807, 2.05) is 4.90 Å². The van der Waals surface area contributed by atoms with Crippen LogP contribution in [0.2, 0.25) is 0 Å². The van der Waals surface area contributed by atoms with Crippen molar-refractivity contribution >= 4 is 57.6 Å². The molecule has 0 aliphatic carbocycles. The lowest BCUT2D eigenvalue weighted by Gasteiger charge is -2.41. The summed E-state index contributed by atoms with van der Waals surface area (Å²) in [5, 5.41) is 0.476. The Balaban J connectivity index is 1.04. The van der Waals surface area contributed by atoms with Gasteiger partial charge >= 0.3 is 36.2 Å². The number of unbranched alkanes of at least 4 members (excludes halogenated alkanes) is 16. The Labute approximate surface area is 509 Å². The maximum absolute atomic E-state index is 18.0. The molecule has 0 spiro atoms. The summed E-state index contributed by atoms with van der Waals surface area (Å²) in [6.07, 6.45) is 24.4. The zero-order chi connectivity index (χ0) is 61.9. The second kappa shape index (κ2) is 32.3. The van der Waals surface area contributed by atoms with Crippen LogP contribution in [0.1, 0.15) is 194 Å². The van der Waals surface area contributed by atoms with Gasteiger partial charge in [-0.3, -0.25) is 29.2 Å². The van der Waals surface area contributed by atoms with Gasteiger partial charge in [-0.25, -0.2) is 22.8 Å². The maximum Gasteiger partial charge on any atom is 0.514 e. The number of hydrogen-bond acceptors (Lipinski definition) is 17. The molecule has 4 aromatic rings. The molecule has 4 fully saturated rings. The molecule has 6 heterocycles. The third-order valence-corrected chi connectivity index (χ3v) is 17.2. The van der Waals surface area contributed by atoms with Crippen molar-refractivity contribution in [2.75, 3.05) is 50.9 Å². The van der Waals surface area contributed by atoms with Crippen LogP contribution in [0.3, 0.4) is 0 Å². The predicted octanol–water partition coefficient (Wildman–Crippen LogP) is 13.6. The van der Waals surface area contributed by atoms with Crippen LogP contribution in [0, 0.1) is 24.0 Å². The highest BCUT2D eigenvalue weighted by atomic mass is 19.1. The van der Waals surface area contributed by atoms with E-state index >= 15 is 8.78 Å². The highest BCUT2D eigenvalue weighted by Gasteiger charge is 2.50. The van der Waals surface area contributed by atoms with E-state index in [0.717, 1.165) is 63.9 Å². The van der Waals surface area contributed by atoms with Crippen molar-refractivity contribution < 1.29 is 70.3 Å². The number of aromatic nitrogens is 3. The summed E-state index contributed by atoms with van der Waals surface area (Å²) < 4.78 is 88.2. The quantitative estimate of drug-likeness (QED) is 0.0109. The number of ether oxygens (including phenoxy) is 7. The number of nitrogens with zero attached hydrogens (tertiary/aromatic N) is 6. The number of fused-ring (bicyclic) bond motifs is 5. The van der Waals surface area contributed by atoms with Crippen LogP contribution in [0.5, 0.6) is 11.8 Å². The minimum atomic E-state index is -1.27. The smallest absolute Gasteiger partial charge is 0.462 e. The molecule has 4 aliphatic rings. The van der Waals surface area contributed by atoms with Crippen LogP contribution >= 0.6 is 0 Å². The normalized spacial score (nSPS) is 19.3. The number of carbonyl (C=O) groups excluding carboxylic acids is 5. The van der Waals surface area contributed by atoms with Crippen LogP contribution in [-0.2, 0) is 38.1 Å². The third kappa shape index (κ3) is 17.9. The molecule has 21 heteroatoms.